The number of carbonyl (C=O) groups excluding carboxylic acids is 1. The molecule has 0 unspecified atom stereocenters. The quantitative estimate of drug-likeness (QED) is 0.656. The number of fused-ring (bicyclic) bond motifs is 1. The third-order valence-corrected chi connectivity index (χ3v) is 3.17. The van der Waals surface area contributed by atoms with Crippen LogP contribution >= 0.6 is 0 Å². The van der Waals surface area contributed by atoms with E-state index >= 15 is 0 Å². The molecule has 1 heterocycles. The van der Waals surface area contributed by atoms with Gasteiger partial charge in [0.2, 0.25) is 0 Å². The van der Waals surface area contributed by atoms with Crippen molar-refractivity contribution in [1.29, 1.82) is 0 Å². The number of nitrogens with one attached hydrogen (secondary N) is 1. The normalized spacial score (nSPS) is 10.6. The number of nitrogens with two attached hydrogens (primary N) is 1. The van der Waals surface area contributed by atoms with Crippen molar-refractivity contribution in [3.05, 3.63) is 36.2 Å². The van der Waals surface area contributed by atoms with E-state index in [2.05, 4.69) is 11.6 Å². The molecule has 21 heavy (non-hydrogen) atoms. The van der Waals surface area contributed by atoms with Gasteiger partial charge in [0.1, 0.15) is 17.2 Å². The molecule has 2 aromatic rings. The van der Waals surface area contributed by atoms with E-state index in [-0.39, 0.29) is 18.0 Å². The molecule has 1 aromatic carbocycles. The van der Waals surface area contributed by atoms with Gasteiger partial charge >= 0.3 is 5.97 Å². The molecule has 0 amide bonds. The van der Waals surface area contributed by atoms with E-state index in [1.54, 1.807) is 20.0 Å². The van der Waals surface area contributed by atoms with Crippen LogP contribution in [-0.2, 0) is 4.74 Å². The first-order valence-electron chi connectivity index (χ1n) is 6.59. The largest absolute Gasteiger partial charge is 0.462 e. The van der Waals surface area contributed by atoms with E-state index in [0.29, 0.717) is 23.1 Å². The Balaban J connectivity index is 2.67. The molecule has 0 atom stereocenters. The monoisotopic (exact) mass is 291 g/mol. The van der Waals surface area contributed by atoms with Crippen LogP contribution in [0.1, 0.15) is 17.3 Å². The molecule has 0 aliphatic rings. The molecular formula is C15H18FN3O2. The van der Waals surface area contributed by atoms with Gasteiger partial charge in [-0.05, 0) is 19.1 Å². The summed E-state index contributed by atoms with van der Waals surface area (Å²) in [6.07, 6.45) is 1.70. The van der Waals surface area contributed by atoms with E-state index < -0.39 is 11.8 Å². The molecule has 2 rings (SSSR count). The number of hydrogen-bond donors (Lipinski definition) is 2. The fraction of sp³-hybridized carbons (Fsp3) is 0.267. The van der Waals surface area contributed by atoms with E-state index in [1.807, 2.05) is 4.90 Å². The van der Waals surface area contributed by atoms with Crippen LogP contribution in [0.15, 0.2) is 24.8 Å². The van der Waals surface area contributed by atoms with Crippen molar-refractivity contribution in [2.75, 3.05) is 30.8 Å². The number of halogens is 1. The predicted molar refractivity (Wildman–Crippen MR) is 82.1 cm³/mol. The maximum absolute atomic E-state index is 13.9. The first-order chi connectivity index (χ1) is 9.99. The summed E-state index contributed by atoms with van der Waals surface area (Å²) in [4.78, 5) is 16.7. The van der Waals surface area contributed by atoms with Gasteiger partial charge < -0.3 is 20.4 Å². The zero-order valence-corrected chi connectivity index (χ0v) is 12.1. The highest BCUT2D eigenvalue weighted by atomic mass is 19.1. The van der Waals surface area contributed by atoms with E-state index in [4.69, 9.17) is 10.5 Å². The van der Waals surface area contributed by atoms with Gasteiger partial charge in [0, 0.05) is 19.0 Å². The molecular weight excluding hydrogens is 273 g/mol. The highest BCUT2D eigenvalue weighted by Crippen LogP contribution is 2.33. The van der Waals surface area contributed by atoms with Gasteiger partial charge in [0.25, 0.3) is 0 Å². The molecule has 6 heteroatoms. The molecule has 5 nitrogen and oxygen atoms in total. The van der Waals surface area contributed by atoms with Crippen molar-refractivity contribution in [2.24, 2.45) is 0 Å². The molecule has 0 aliphatic heterocycles. The number of aromatic amines is 1. The molecule has 0 saturated heterocycles. The molecule has 0 spiro atoms. The smallest absolute Gasteiger partial charge is 0.342 e. The van der Waals surface area contributed by atoms with Gasteiger partial charge in [-0.3, -0.25) is 0 Å². The minimum atomic E-state index is -0.566. The van der Waals surface area contributed by atoms with Gasteiger partial charge in [0.15, 0.2) is 0 Å². The van der Waals surface area contributed by atoms with Crippen LogP contribution in [-0.4, -0.2) is 31.2 Å². The number of H-pyrrole nitrogens is 1. The number of aromatic nitrogens is 1. The van der Waals surface area contributed by atoms with E-state index in [9.17, 15) is 9.18 Å². The summed E-state index contributed by atoms with van der Waals surface area (Å²) in [5.74, 6) is -0.843. The fourth-order valence-corrected chi connectivity index (χ4v) is 2.28. The number of rotatable bonds is 5. The Morgan fingerprint density at radius 2 is 2.29 bits per heavy atom. The fourth-order valence-electron chi connectivity index (χ4n) is 2.28. The summed E-state index contributed by atoms with van der Waals surface area (Å²) >= 11 is 0. The van der Waals surface area contributed by atoms with Crippen molar-refractivity contribution < 1.29 is 13.9 Å². The van der Waals surface area contributed by atoms with Crippen LogP contribution in [0.2, 0.25) is 0 Å². The maximum atomic E-state index is 13.9. The van der Waals surface area contributed by atoms with Gasteiger partial charge in [-0.15, -0.1) is 6.58 Å². The van der Waals surface area contributed by atoms with Crippen molar-refractivity contribution in [3.8, 4) is 0 Å². The van der Waals surface area contributed by atoms with Crippen molar-refractivity contribution in [2.45, 2.75) is 6.92 Å². The lowest BCUT2D eigenvalue weighted by Gasteiger charge is -2.18. The van der Waals surface area contributed by atoms with Gasteiger partial charge in [-0.2, -0.15) is 0 Å². The van der Waals surface area contributed by atoms with Gasteiger partial charge in [0.05, 0.1) is 17.8 Å². The van der Waals surface area contributed by atoms with Crippen LogP contribution in [0, 0.1) is 5.82 Å². The number of nitrogen functional groups attached to an aromatic ring is 1. The van der Waals surface area contributed by atoms with Crippen LogP contribution in [0.25, 0.3) is 10.9 Å². The SMILES string of the molecule is C=CCN(C)c1cc(F)cc2c(C(=O)OCC)c(N)[nH]c12. The van der Waals surface area contributed by atoms with Gasteiger partial charge in [-0.1, -0.05) is 6.08 Å². The number of nitrogens with zero attached hydrogens (tertiary/aromatic N) is 1. The molecule has 0 aliphatic carbocycles. The second-order valence-corrected chi connectivity index (χ2v) is 4.65. The highest BCUT2D eigenvalue weighted by molar-refractivity contribution is 6.11. The van der Waals surface area contributed by atoms with Crippen LogP contribution in [0.5, 0.6) is 0 Å². The summed E-state index contributed by atoms with van der Waals surface area (Å²) in [5, 5.41) is 0.414. The van der Waals surface area contributed by atoms with Crippen molar-refractivity contribution in [1.82, 2.24) is 4.98 Å². The zero-order valence-electron chi connectivity index (χ0n) is 12.1. The average molecular weight is 291 g/mol. The van der Waals surface area contributed by atoms with E-state index in [1.165, 1.54) is 12.1 Å². The van der Waals surface area contributed by atoms with Crippen LogP contribution < -0.4 is 10.6 Å². The van der Waals surface area contributed by atoms with Gasteiger partial charge in [-0.25, -0.2) is 9.18 Å². The molecule has 0 radical (unpaired) electrons. The lowest BCUT2D eigenvalue weighted by molar-refractivity contribution is 0.0530. The summed E-state index contributed by atoms with van der Waals surface area (Å²) in [7, 11) is 1.80. The Morgan fingerprint density at radius 3 is 2.90 bits per heavy atom. The van der Waals surface area contributed by atoms with Crippen LogP contribution in [0.3, 0.4) is 0 Å². The number of esters is 1. The first-order valence-corrected chi connectivity index (χ1v) is 6.59. The third kappa shape index (κ3) is 2.69. The third-order valence-electron chi connectivity index (χ3n) is 3.17. The lowest BCUT2D eigenvalue weighted by atomic mass is 10.1. The second kappa shape index (κ2) is 5.87. The van der Waals surface area contributed by atoms with Crippen molar-refractivity contribution >= 4 is 28.4 Å². The Labute approximate surface area is 122 Å². The summed E-state index contributed by atoms with van der Waals surface area (Å²) in [6.45, 7) is 6.12. The minimum Gasteiger partial charge on any atom is -0.462 e. The number of likely N-dealkylation sites (N-methyl/N-ethyl adjacent to an activating group) is 1. The summed E-state index contributed by atoms with van der Waals surface area (Å²) < 4.78 is 18.8. The molecule has 0 fully saturated rings. The van der Waals surface area contributed by atoms with E-state index in [0.717, 1.165) is 0 Å². The highest BCUT2D eigenvalue weighted by Gasteiger charge is 2.21. The Hall–Kier alpha value is -2.50. The zero-order chi connectivity index (χ0) is 15.6. The summed E-state index contributed by atoms with van der Waals surface area (Å²) in [6, 6.07) is 2.66. The number of anilines is 2. The molecule has 3 N–H and O–H groups in total. The Bertz CT molecular complexity index is 694. The molecule has 0 saturated carbocycles. The number of benzene rings is 1. The first kappa shape index (κ1) is 14.9. The molecule has 0 bridgehead atoms. The Morgan fingerprint density at radius 1 is 1.57 bits per heavy atom. The second-order valence-electron chi connectivity index (χ2n) is 4.65. The lowest BCUT2D eigenvalue weighted by Crippen LogP contribution is -2.17. The standard InChI is InChI=1S/C15H18FN3O2/c1-4-6-19(3)11-8-9(16)7-10-12(15(20)21-5-2)14(17)18-13(10)11/h4,7-8,18H,1,5-6,17H2,2-3H3. The average Bonchev–Trinajstić information content (AvgIpc) is 2.74. The predicted octanol–water partition coefficient (Wildman–Crippen LogP) is 2.69. The number of hydrogen-bond acceptors (Lipinski definition) is 4. The number of carbonyl (C=O) groups is 1. The van der Waals surface area contributed by atoms with Crippen molar-refractivity contribution in [3.63, 3.8) is 0 Å². The summed E-state index contributed by atoms with van der Waals surface area (Å²) in [5.41, 5.74) is 7.23. The number of ether oxygens (including phenoxy) is 1. The topological polar surface area (TPSA) is 71.3 Å². The minimum absolute atomic E-state index is 0.166. The molecule has 112 valence electrons. The maximum Gasteiger partial charge on any atom is 0.342 e. The Kier molecular flexibility index (Phi) is 4.16. The molecule has 1 aromatic heterocycles. The van der Waals surface area contributed by atoms with Crippen LogP contribution in [0.4, 0.5) is 15.9 Å².